The molecule has 2 N–H and O–H groups in total. The van der Waals surface area contributed by atoms with E-state index >= 15 is 0 Å². The minimum atomic E-state index is -0.980. The summed E-state index contributed by atoms with van der Waals surface area (Å²) in [5, 5.41) is 15.9. The number of carboxylic acid groups (broad SMARTS) is 1. The first-order chi connectivity index (χ1) is 11.9. The second kappa shape index (κ2) is 6.84. The Morgan fingerprint density at radius 2 is 2.04 bits per heavy atom. The standard InChI is InChI=1S/C17H19N3O5/c1-10-17(11(2)20(19-10)8-16(22)23)18-15(21)6-4-12-3-5-13-14(7-12)25-9-24-13/h3,5,7H,4,6,8-9H2,1-2H3,(H,18,21)(H,22,23). The largest absolute Gasteiger partial charge is 0.480 e. The molecule has 0 saturated heterocycles. The first-order valence-corrected chi connectivity index (χ1v) is 7.88. The number of rotatable bonds is 6. The predicted molar refractivity (Wildman–Crippen MR) is 88.9 cm³/mol. The van der Waals surface area contributed by atoms with Crippen LogP contribution in [0.3, 0.4) is 0 Å². The number of aromatic nitrogens is 2. The molecule has 1 aliphatic rings. The zero-order chi connectivity index (χ0) is 18.0. The molecule has 1 aromatic carbocycles. The van der Waals surface area contributed by atoms with Crippen molar-refractivity contribution in [2.24, 2.45) is 0 Å². The molecule has 8 heteroatoms. The van der Waals surface area contributed by atoms with Crippen LogP contribution in [0.5, 0.6) is 11.5 Å². The summed E-state index contributed by atoms with van der Waals surface area (Å²) in [5.41, 5.74) is 2.76. The van der Waals surface area contributed by atoms with Crippen molar-refractivity contribution < 1.29 is 24.2 Å². The normalized spacial score (nSPS) is 12.2. The Morgan fingerprint density at radius 1 is 1.28 bits per heavy atom. The second-order valence-electron chi connectivity index (χ2n) is 5.83. The van der Waals surface area contributed by atoms with Crippen molar-refractivity contribution in [2.75, 3.05) is 12.1 Å². The van der Waals surface area contributed by atoms with E-state index in [-0.39, 0.29) is 19.2 Å². The maximum Gasteiger partial charge on any atom is 0.325 e. The Bertz CT molecular complexity index is 828. The number of carboxylic acids is 1. The van der Waals surface area contributed by atoms with Crippen LogP contribution in [0.2, 0.25) is 0 Å². The molecule has 0 spiro atoms. The van der Waals surface area contributed by atoms with E-state index in [1.807, 2.05) is 18.2 Å². The van der Waals surface area contributed by atoms with Gasteiger partial charge in [-0.25, -0.2) is 0 Å². The summed E-state index contributed by atoms with van der Waals surface area (Å²) >= 11 is 0. The van der Waals surface area contributed by atoms with Crippen molar-refractivity contribution >= 4 is 17.6 Å². The quantitative estimate of drug-likeness (QED) is 0.829. The lowest BCUT2D eigenvalue weighted by Crippen LogP contribution is -2.14. The number of nitrogens with zero attached hydrogens (tertiary/aromatic N) is 2. The van der Waals surface area contributed by atoms with Gasteiger partial charge in [-0.2, -0.15) is 5.10 Å². The van der Waals surface area contributed by atoms with Gasteiger partial charge in [0.2, 0.25) is 12.7 Å². The third-order valence-electron chi connectivity index (χ3n) is 4.01. The predicted octanol–water partition coefficient (Wildman–Crippen LogP) is 1.88. The highest BCUT2D eigenvalue weighted by atomic mass is 16.7. The Hall–Kier alpha value is -3.03. The Labute approximate surface area is 144 Å². The number of aryl methyl sites for hydroxylation is 2. The number of hydrogen-bond donors (Lipinski definition) is 2. The number of carbonyl (C=O) groups is 2. The van der Waals surface area contributed by atoms with E-state index in [0.29, 0.717) is 41.4 Å². The van der Waals surface area contributed by atoms with Crippen LogP contribution in [0.4, 0.5) is 5.69 Å². The second-order valence-corrected chi connectivity index (χ2v) is 5.83. The average molecular weight is 345 g/mol. The SMILES string of the molecule is Cc1nn(CC(=O)O)c(C)c1NC(=O)CCc1ccc2c(c1)OCO2. The molecule has 1 aliphatic heterocycles. The topological polar surface area (TPSA) is 103 Å². The summed E-state index contributed by atoms with van der Waals surface area (Å²) in [7, 11) is 0. The summed E-state index contributed by atoms with van der Waals surface area (Å²) < 4.78 is 12.0. The van der Waals surface area contributed by atoms with Gasteiger partial charge in [0, 0.05) is 6.42 Å². The van der Waals surface area contributed by atoms with Crippen molar-refractivity contribution in [3.8, 4) is 11.5 Å². The van der Waals surface area contributed by atoms with Crippen LogP contribution < -0.4 is 14.8 Å². The molecule has 0 unspecified atom stereocenters. The van der Waals surface area contributed by atoms with Gasteiger partial charge in [0.05, 0.1) is 17.1 Å². The molecule has 1 aromatic heterocycles. The van der Waals surface area contributed by atoms with Crippen LogP contribution >= 0.6 is 0 Å². The lowest BCUT2D eigenvalue weighted by atomic mass is 10.1. The Kier molecular flexibility index (Phi) is 4.60. The summed E-state index contributed by atoms with van der Waals surface area (Å²) in [5.74, 6) is 0.273. The van der Waals surface area contributed by atoms with Gasteiger partial charge in [0.15, 0.2) is 11.5 Å². The van der Waals surface area contributed by atoms with Crippen LogP contribution in [0.15, 0.2) is 18.2 Å². The fourth-order valence-electron chi connectivity index (χ4n) is 2.72. The number of hydrogen-bond acceptors (Lipinski definition) is 5. The van der Waals surface area contributed by atoms with Crippen LogP contribution in [0.25, 0.3) is 0 Å². The number of anilines is 1. The van der Waals surface area contributed by atoms with E-state index in [4.69, 9.17) is 14.6 Å². The molecule has 25 heavy (non-hydrogen) atoms. The monoisotopic (exact) mass is 345 g/mol. The summed E-state index contributed by atoms with van der Waals surface area (Å²) in [6.45, 7) is 3.45. The smallest absolute Gasteiger partial charge is 0.325 e. The molecule has 0 saturated carbocycles. The minimum Gasteiger partial charge on any atom is -0.480 e. The van der Waals surface area contributed by atoms with Gasteiger partial charge < -0.3 is 19.9 Å². The van der Waals surface area contributed by atoms with Gasteiger partial charge in [0.25, 0.3) is 0 Å². The highest BCUT2D eigenvalue weighted by Gasteiger charge is 2.17. The van der Waals surface area contributed by atoms with Crippen molar-refractivity contribution in [3.63, 3.8) is 0 Å². The van der Waals surface area contributed by atoms with Crippen molar-refractivity contribution in [1.82, 2.24) is 9.78 Å². The van der Waals surface area contributed by atoms with Gasteiger partial charge in [-0.3, -0.25) is 14.3 Å². The van der Waals surface area contributed by atoms with Crippen LogP contribution in [0.1, 0.15) is 23.4 Å². The number of benzene rings is 1. The Morgan fingerprint density at radius 3 is 2.80 bits per heavy atom. The maximum atomic E-state index is 12.2. The number of amides is 1. The number of ether oxygens (including phenoxy) is 2. The molecular formula is C17H19N3O5. The zero-order valence-corrected chi connectivity index (χ0v) is 14.0. The molecule has 8 nitrogen and oxygen atoms in total. The number of carbonyl (C=O) groups excluding carboxylic acids is 1. The van der Waals surface area contributed by atoms with Gasteiger partial charge in [-0.1, -0.05) is 6.07 Å². The molecule has 2 heterocycles. The van der Waals surface area contributed by atoms with E-state index in [1.54, 1.807) is 13.8 Å². The summed E-state index contributed by atoms with van der Waals surface area (Å²) in [4.78, 5) is 23.1. The highest BCUT2D eigenvalue weighted by Crippen LogP contribution is 2.32. The van der Waals surface area contributed by atoms with E-state index in [1.165, 1.54) is 4.68 Å². The first kappa shape index (κ1) is 16.8. The molecule has 0 atom stereocenters. The van der Waals surface area contributed by atoms with Crippen LogP contribution in [-0.2, 0) is 22.6 Å². The average Bonchev–Trinajstić information content (AvgIpc) is 3.12. The van der Waals surface area contributed by atoms with Gasteiger partial charge in [-0.05, 0) is 38.0 Å². The Balaban J connectivity index is 1.61. The molecule has 0 radical (unpaired) electrons. The van der Waals surface area contributed by atoms with E-state index in [9.17, 15) is 9.59 Å². The first-order valence-electron chi connectivity index (χ1n) is 7.88. The summed E-state index contributed by atoms with van der Waals surface area (Å²) in [6.07, 6.45) is 0.854. The van der Waals surface area contributed by atoms with E-state index in [0.717, 1.165) is 5.56 Å². The molecule has 1 amide bonds. The third kappa shape index (κ3) is 3.73. The fourth-order valence-corrected chi connectivity index (χ4v) is 2.72. The van der Waals surface area contributed by atoms with Crippen LogP contribution in [-0.4, -0.2) is 33.6 Å². The molecular weight excluding hydrogens is 326 g/mol. The van der Waals surface area contributed by atoms with Crippen LogP contribution in [0, 0.1) is 13.8 Å². The van der Waals surface area contributed by atoms with Gasteiger partial charge >= 0.3 is 5.97 Å². The number of fused-ring (bicyclic) bond motifs is 1. The third-order valence-corrected chi connectivity index (χ3v) is 4.01. The van der Waals surface area contributed by atoms with Gasteiger partial charge in [-0.15, -0.1) is 0 Å². The number of aliphatic carboxylic acids is 1. The highest BCUT2D eigenvalue weighted by molar-refractivity contribution is 5.92. The van der Waals surface area contributed by atoms with Crippen molar-refractivity contribution in [2.45, 2.75) is 33.2 Å². The molecule has 0 bridgehead atoms. The fraction of sp³-hybridized carbons (Fsp3) is 0.353. The molecule has 0 fully saturated rings. The van der Waals surface area contributed by atoms with Gasteiger partial charge in [0.1, 0.15) is 6.54 Å². The molecule has 3 rings (SSSR count). The van der Waals surface area contributed by atoms with Crippen molar-refractivity contribution in [3.05, 3.63) is 35.2 Å². The zero-order valence-electron chi connectivity index (χ0n) is 14.0. The lowest BCUT2D eigenvalue weighted by Gasteiger charge is -2.07. The minimum absolute atomic E-state index is 0.154. The van der Waals surface area contributed by atoms with Crippen molar-refractivity contribution in [1.29, 1.82) is 0 Å². The van der Waals surface area contributed by atoms with E-state index in [2.05, 4.69) is 10.4 Å². The maximum absolute atomic E-state index is 12.2. The summed E-state index contributed by atoms with van der Waals surface area (Å²) in [6, 6.07) is 5.61. The number of nitrogens with one attached hydrogen (secondary N) is 1. The van der Waals surface area contributed by atoms with E-state index < -0.39 is 5.97 Å². The molecule has 0 aliphatic carbocycles. The lowest BCUT2D eigenvalue weighted by molar-refractivity contribution is -0.137. The molecule has 2 aromatic rings. The molecule has 132 valence electrons.